The van der Waals surface area contributed by atoms with Crippen LogP contribution in [0.25, 0.3) is 0 Å². The first kappa shape index (κ1) is 26.6. The molecule has 1 aromatic carbocycles. The van der Waals surface area contributed by atoms with E-state index in [1.807, 2.05) is 12.1 Å². The summed E-state index contributed by atoms with van der Waals surface area (Å²) in [6.07, 6.45) is 4.40. The largest absolute Gasteiger partial charge is 0.378 e. The van der Waals surface area contributed by atoms with Crippen LogP contribution >= 0.6 is 0 Å². The number of rotatable bonds is 16. The summed E-state index contributed by atoms with van der Waals surface area (Å²) in [7, 11) is 0. The summed E-state index contributed by atoms with van der Waals surface area (Å²) in [5, 5.41) is 9.40. The van der Waals surface area contributed by atoms with Gasteiger partial charge in [0.05, 0.1) is 26.4 Å². The van der Waals surface area contributed by atoms with Gasteiger partial charge in [0.15, 0.2) is 0 Å². The molecule has 0 radical (unpaired) electrons. The highest BCUT2D eigenvalue weighted by atomic mass is 16.5. The molecule has 0 spiro atoms. The molecule has 5 N–H and O–H groups in total. The number of hydrogen-bond donors (Lipinski definition) is 4. The van der Waals surface area contributed by atoms with Crippen molar-refractivity contribution in [1.82, 2.24) is 20.3 Å². The Morgan fingerprint density at radius 2 is 1.80 bits per heavy atom. The lowest BCUT2D eigenvalue weighted by Crippen LogP contribution is -2.27. The number of anilines is 4. The first-order chi connectivity index (χ1) is 17.2. The van der Waals surface area contributed by atoms with Gasteiger partial charge in [-0.15, -0.1) is 0 Å². The Bertz CT molecular complexity index is 908. The van der Waals surface area contributed by atoms with Crippen LogP contribution in [0.15, 0.2) is 24.3 Å². The molecule has 2 aromatic rings. The van der Waals surface area contributed by atoms with E-state index in [0.29, 0.717) is 62.9 Å². The number of amides is 1. The van der Waals surface area contributed by atoms with Gasteiger partial charge in [0.2, 0.25) is 17.8 Å². The average molecular weight is 487 g/mol. The molecule has 11 nitrogen and oxygen atoms in total. The second kappa shape index (κ2) is 15.1. The van der Waals surface area contributed by atoms with E-state index in [2.05, 4.69) is 42.7 Å². The molecular weight excluding hydrogens is 448 g/mol. The third kappa shape index (κ3) is 9.27. The van der Waals surface area contributed by atoms with Gasteiger partial charge in [-0.3, -0.25) is 4.79 Å². The molecule has 0 saturated carbocycles. The van der Waals surface area contributed by atoms with Crippen molar-refractivity contribution in [2.24, 2.45) is 5.73 Å². The number of unbranched alkanes of at least 4 members (excludes halogenated alkanes) is 1. The summed E-state index contributed by atoms with van der Waals surface area (Å²) in [5.41, 5.74) is 6.63. The highest BCUT2D eigenvalue weighted by Gasteiger charge is 2.17. The monoisotopic (exact) mass is 486 g/mol. The Morgan fingerprint density at radius 3 is 2.57 bits per heavy atom. The Kier molecular flexibility index (Phi) is 11.4. The Hall–Kier alpha value is -3.02. The molecule has 3 rings (SSSR count). The van der Waals surface area contributed by atoms with Crippen molar-refractivity contribution < 1.29 is 14.3 Å². The maximum absolute atomic E-state index is 12.6. The predicted octanol–water partition coefficient (Wildman–Crippen LogP) is 2.15. The van der Waals surface area contributed by atoms with Crippen molar-refractivity contribution in [1.29, 1.82) is 0 Å². The predicted molar refractivity (Wildman–Crippen MR) is 137 cm³/mol. The van der Waals surface area contributed by atoms with E-state index < -0.39 is 0 Å². The summed E-state index contributed by atoms with van der Waals surface area (Å²) >= 11 is 0. The van der Waals surface area contributed by atoms with Gasteiger partial charge in [-0.1, -0.05) is 19.4 Å². The molecule has 2 heterocycles. The van der Waals surface area contributed by atoms with Crippen LogP contribution in [0, 0.1) is 0 Å². The standard InChI is InChI=1S/C24H38N8O3/c1-2-3-10-27-22-29-23(31-24(30-22)32-12-4-5-13-32)28-20-8-6-7-19(18-20)21(33)26-11-15-35-17-16-34-14-9-25/h6-8,18H,2-5,9-17,25H2,1H3,(H,26,33)(H2,27,28,29,30,31). The zero-order chi connectivity index (χ0) is 24.7. The molecule has 1 saturated heterocycles. The number of benzene rings is 1. The zero-order valence-corrected chi connectivity index (χ0v) is 20.6. The Balaban J connectivity index is 1.57. The lowest BCUT2D eigenvalue weighted by Gasteiger charge is -2.17. The topological polar surface area (TPSA) is 140 Å². The molecule has 1 aliphatic rings. The normalized spacial score (nSPS) is 13.1. The number of nitrogens with two attached hydrogens (primary N) is 1. The van der Waals surface area contributed by atoms with Crippen molar-refractivity contribution in [2.45, 2.75) is 32.6 Å². The molecule has 1 fully saturated rings. The van der Waals surface area contributed by atoms with Crippen LogP contribution in [0.5, 0.6) is 0 Å². The molecule has 0 bridgehead atoms. The highest BCUT2D eigenvalue weighted by molar-refractivity contribution is 5.95. The van der Waals surface area contributed by atoms with Crippen LogP contribution in [0.1, 0.15) is 43.0 Å². The molecule has 0 unspecified atom stereocenters. The van der Waals surface area contributed by atoms with Gasteiger partial charge in [0.1, 0.15) is 0 Å². The van der Waals surface area contributed by atoms with Gasteiger partial charge in [-0.25, -0.2) is 0 Å². The van der Waals surface area contributed by atoms with Crippen molar-refractivity contribution in [3.8, 4) is 0 Å². The zero-order valence-electron chi connectivity index (χ0n) is 20.6. The molecule has 11 heteroatoms. The first-order valence-corrected chi connectivity index (χ1v) is 12.5. The summed E-state index contributed by atoms with van der Waals surface area (Å²) in [6, 6.07) is 7.25. The second-order valence-corrected chi connectivity index (χ2v) is 8.23. The van der Waals surface area contributed by atoms with E-state index in [-0.39, 0.29) is 5.91 Å². The van der Waals surface area contributed by atoms with E-state index >= 15 is 0 Å². The maximum atomic E-state index is 12.6. The van der Waals surface area contributed by atoms with Gasteiger partial charge in [-0.2, -0.15) is 15.0 Å². The molecule has 0 atom stereocenters. The average Bonchev–Trinajstić information content (AvgIpc) is 3.41. The molecular formula is C24H38N8O3. The minimum absolute atomic E-state index is 0.174. The summed E-state index contributed by atoms with van der Waals surface area (Å²) in [5.74, 6) is 1.50. The fourth-order valence-corrected chi connectivity index (χ4v) is 3.55. The van der Waals surface area contributed by atoms with Crippen LogP contribution in [0.4, 0.5) is 23.5 Å². The summed E-state index contributed by atoms with van der Waals surface area (Å²) < 4.78 is 10.7. The van der Waals surface area contributed by atoms with E-state index in [4.69, 9.17) is 15.2 Å². The van der Waals surface area contributed by atoms with Gasteiger partial charge in [-0.05, 0) is 37.5 Å². The lowest BCUT2D eigenvalue weighted by atomic mass is 10.2. The smallest absolute Gasteiger partial charge is 0.251 e. The molecule has 192 valence electrons. The minimum atomic E-state index is -0.174. The Labute approximate surface area is 207 Å². The van der Waals surface area contributed by atoms with Crippen molar-refractivity contribution in [3.63, 3.8) is 0 Å². The van der Waals surface area contributed by atoms with Gasteiger partial charge < -0.3 is 36.1 Å². The second-order valence-electron chi connectivity index (χ2n) is 8.23. The van der Waals surface area contributed by atoms with Crippen LogP contribution in [-0.4, -0.2) is 80.0 Å². The fourth-order valence-electron chi connectivity index (χ4n) is 3.55. The summed E-state index contributed by atoms with van der Waals surface area (Å²) in [6.45, 7) is 7.63. The lowest BCUT2D eigenvalue weighted by molar-refractivity contribution is 0.0511. The molecule has 1 aromatic heterocycles. The van der Waals surface area contributed by atoms with Crippen LogP contribution in [-0.2, 0) is 9.47 Å². The number of carbonyl (C=O) groups excluding carboxylic acids is 1. The van der Waals surface area contributed by atoms with Crippen LogP contribution < -0.4 is 26.6 Å². The van der Waals surface area contributed by atoms with E-state index in [9.17, 15) is 4.79 Å². The van der Waals surface area contributed by atoms with Crippen molar-refractivity contribution >= 4 is 29.4 Å². The molecule has 1 amide bonds. The van der Waals surface area contributed by atoms with Crippen LogP contribution in [0.3, 0.4) is 0 Å². The highest BCUT2D eigenvalue weighted by Crippen LogP contribution is 2.21. The third-order valence-electron chi connectivity index (χ3n) is 5.37. The molecule has 0 aliphatic carbocycles. The fraction of sp³-hybridized carbons (Fsp3) is 0.583. The number of aromatic nitrogens is 3. The van der Waals surface area contributed by atoms with E-state index in [1.165, 1.54) is 0 Å². The maximum Gasteiger partial charge on any atom is 0.251 e. The van der Waals surface area contributed by atoms with Gasteiger partial charge in [0, 0.05) is 44.0 Å². The first-order valence-electron chi connectivity index (χ1n) is 12.5. The van der Waals surface area contributed by atoms with Crippen LogP contribution in [0.2, 0.25) is 0 Å². The number of ether oxygens (including phenoxy) is 2. The number of nitrogens with zero attached hydrogens (tertiary/aromatic N) is 4. The van der Waals surface area contributed by atoms with E-state index in [0.717, 1.165) is 51.0 Å². The number of nitrogens with one attached hydrogen (secondary N) is 3. The minimum Gasteiger partial charge on any atom is -0.378 e. The Morgan fingerprint density at radius 1 is 1.03 bits per heavy atom. The number of carbonyl (C=O) groups is 1. The molecule has 1 aliphatic heterocycles. The van der Waals surface area contributed by atoms with Gasteiger partial charge >= 0.3 is 0 Å². The SMILES string of the molecule is CCCCNc1nc(Nc2cccc(C(=O)NCCOCCOCCN)c2)nc(N2CCCC2)n1. The van der Waals surface area contributed by atoms with Gasteiger partial charge in [0.25, 0.3) is 5.91 Å². The van der Waals surface area contributed by atoms with Crippen molar-refractivity contribution in [3.05, 3.63) is 29.8 Å². The molecule has 35 heavy (non-hydrogen) atoms. The van der Waals surface area contributed by atoms with Crippen molar-refractivity contribution in [2.75, 3.05) is 74.7 Å². The third-order valence-corrected chi connectivity index (χ3v) is 5.37. The number of hydrogen-bond acceptors (Lipinski definition) is 10. The summed E-state index contributed by atoms with van der Waals surface area (Å²) in [4.78, 5) is 28.5. The van der Waals surface area contributed by atoms with E-state index in [1.54, 1.807) is 12.1 Å². The quantitative estimate of drug-likeness (QED) is 0.261.